The molecule has 0 radical (unpaired) electrons. The molecular formula is C14H18FN3O2. The van der Waals surface area contributed by atoms with E-state index in [1.54, 1.807) is 13.0 Å². The largest absolute Gasteiger partial charge is 0.354 e. The molecule has 6 heteroatoms. The van der Waals surface area contributed by atoms with E-state index in [0.717, 1.165) is 0 Å². The number of amides is 2. The van der Waals surface area contributed by atoms with Gasteiger partial charge in [-0.3, -0.25) is 9.59 Å². The number of hydrazone groups is 1. The summed E-state index contributed by atoms with van der Waals surface area (Å²) in [5, 5.41) is 6.49. The molecule has 0 aromatic heterocycles. The molecule has 5 nitrogen and oxygen atoms in total. The van der Waals surface area contributed by atoms with Gasteiger partial charge in [0.1, 0.15) is 5.82 Å². The molecule has 0 saturated carbocycles. The van der Waals surface area contributed by atoms with Crippen LogP contribution in [0, 0.1) is 5.82 Å². The van der Waals surface area contributed by atoms with Crippen LogP contribution in [0.15, 0.2) is 29.4 Å². The maximum absolute atomic E-state index is 13.3. The van der Waals surface area contributed by atoms with Gasteiger partial charge in [-0.15, -0.1) is 0 Å². The van der Waals surface area contributed by atoms with E-state index in [-0.39, 0.29) is 23.9 Å². The SMILES string of the molecule is C/C(CC(=O)NC(C)C)=N/NC(=O)c1ccccc1F. The minimum Gasteiger partial charge on any atom is -0.354 e. The Morgan fingerprint density at radius 2 is 1.95 bits per heavy atom. The van der Waals surface area contributed by atoms with Gasteiger partial charge < -0.3 is 5.32 Å². The first kappa shape index (κ1) is 15.8. The third-order valence-electron chi connectivity index (χ3n) is 2.33. The van der Waals surface area contributed by atoms with Gasteiger partial charge in [-0.25, -0.2) is 9.82 Å². The topological polar surface area (TPSA) is 70.6 Å². The van der Waals surface area contributed by atoms with Gasteiger partial charge in [-0.05, 0) is 32.9 Å². The standard InChI is InChI=1S/C14H18FN3O2/c1-9(2)16-13(19)8-10(3)17-18-14(20)11-6-4-5-7-12(11)15/h4-7,9H,8H2,1-3H3,(H,16,19)(H,18,20)/b17-10-. The van der Waals surface area contributed by atoms with Crippen LogP contribution >= 0.6 is 0 Å². The lowest BCUT2D eigenvalue weighted by Crippen LogP contribution is -2.31. The van der Waals surface area contributed by atoms with E-state index >= 15 is 0 Å². The fraction of sp³-hybridized carbons (Fsp3) is 0.357. The first-order chi connectivity index (χ1) is 9.40. The molecule has 0 aliphatic heterocycles. The summed E-state index contributed by atoms with van der Waals surface area (Å²) in [7, 11) is 0. The minimum absolute atomic E-state index is 0.0447. The molecule has 2 N–H and O–H groups in total. The second kappa shape index (κ2) is 7.37. The first-order valence-electron chi connectivity index (χ1n) is 6.27. The monoisotopic (exact) mass is 279 g/mol. The fourth-order valence-electron chi connectivity index (χ4n) is 1.50. The number of hydrogen-bond donors (Lipinski definition) is 2. The van der Waals surface area contributed by atoms with Crippen LogP contribution in [-0.4, -0.2) is 23.6 Å². The molecule has 0 atom stereocenters. The van der Waals surface area contributed by atoms with Gasteiger partial charge in [0, 0.05) is 11.8 Å². The lowest BCUT2D eigenvalue weighted by molar-refractivity contribution is -0.120. The molecule has 0 saturated heterocycles. The second-order valence-electron chi connectivity index (χ2n) is 4.67. The van der Waals surface area contributed by atoms with Crippen molar-refractivity contribution in [3.8, 4) is 0 Å². The summed E-state index contributed by atoms with van der Waals surface area (Å²) in [6.07, 6.45) is 0.0791. The summed E-state index contributed by atoms with van der Waals surface area (Å²) in [6, 6.07) is 5.66. The van der Waals surface area contributed by atoms with Crippen molar-refractivity contribution in [2.24, 2.45) is 5.10 Å². The number of halogens is 1. The summed E-state index contributed by atoms with van der Waals surface area (Å²) in [6.45, 7) is 5.32. The van der Waals surface area contributed by atoms with E-state index in [1.807, 2.05) is 13.8 Å². The number of carbonyl (C=O) groups excluding carboxylic acids is 2. The van der Waals surface area contributed by atoms with Crippen molar-refractivity contribution in [3.05, 3.63) is 35.6 Å². The highest BCUT2D eigenvalue weighted by molar-refractivity contribution is 6.01. The van der Waals surface area contributed by atoms with E-state index in [9.17, 15) is 14.0 Å². The zero-order chi connectivity index (χ0) is 15.1. The van der Waals surface area contributed by atoms with E-state index in [0.29, 0.717) is 5.71 Å². The highest BCUT2D eigenvalue weighted by atomic mass is 19.1. The summed E-state index contributed by atoms with van der Waals surface area (Å²) < 4.78 is 13.3. The Morgan fingerprint density at radius 1 is 1.30 bits per heavy atom. The predicted molar refractivity (Wildman–Crippen MR) is 74.9 cm³/mol. The average molecular weight is 279 g/mol. The quantitative estimate of drug-likeness (QED) is 0.638. The molecule has 108 valence electrons. The molecule has 0 aliphatic rings. The molecule has 1 aromatic carbocycles. The van der Waals surface area contributed by atoms with Gasteiger partial charge in [-0.1, -0.05) is 12.1 Å². The molecule has 1 aromatic rings. The predicted octanol–water partition coefficient (Wildman–Crippen LogP) is 1.85. The molecule has 1 rings (SSSR count). The van der Waals surface area contributed by atoms with Gasteiger partial charge in [0.2, 0.25) is 5.91 Å². The molecule has 0 unspecified atom stereocenters. The minimum atomic E-state index is -0.647. The molecule has 0 bridgehead atoms. The second-order valence-corrected chi connectivity index (χ2v) is 4.67. The maximum atomic E-state index is 13.3. The Morgan fingerprint density at radius 3 is 2.55 bits per heavy atom. The number of hydrogen-bond acceptors (Lipinski definition) is 3. The van der Waals surface area contributed by atoms with Crippen molar-refractivity contribution < 1.29 is 14.0 Å². The van der Waals surface area contributed by atoms with Crippen LogP contribution in [-0.2, 0) is 4.79 Å². The Bertz CT molecular complexity index is 527. The fourth-order valence-corrected chi connectivity index (χ4v) is 1.50. The van der Waals surface area contributed by atoms with Crippen LogP contribution in [0.2, 0.25) is 0 Å². The van der Waals surface area contributed by atoms with Crippen LogP contribution < -0.4 is 10.7 Å². The van der Waals surface area contributed by atoms with Crippen LogP contribution in [0.5, 0.6) is 0 Å². The number of carbonyl (C=O) groups is 2. The highest BCUT2D eigenvalue weighted by Crippen LogP contribution is 2.05. The van der Waals surface area contributed by atoms with E-state index in [4.69, 9.17) is 0 Å². The zero-order valence-electron chi connectivity index (χ0n) is 11.7. The van der Waals surface area contributed by atoms with Crippen LogP contribution in [0.3, 0.4) is 0 Å². The van der Waals surface area contributed by atoms with Gasteiger partial charge in [0.15, 0.2) is 0 Å². The lowest BCUT2D eigenvalue weighted by atomic mass is 10.2. The maximum Gasteiger partial charge on any atom is 0.274 e. The van der Waals surface area contributed by atoms with Crippen LogP contribution in [0.25, 0.3) is 0 Å². The van der Waals surface area contributed by atoms with Crippen molar-refractivity contribution in [3.63, 3.8) is 0 Å². The van der Waals surface area contributed by atoms with Crippen molar-refractivity contribution in [1.82, 2.24) is 10.7 Å². The molecule has 0 spiro atoms. The van der Waals surface area contributed by atoms with Gasteiger partial charge >= 0.3 is 0 Å². The van der Waals surface area contributed by atoms with E-state index in [2.05, 4.69) is 15.8 Å². The van der Waals surface area contributed by atoms with Crippen molar-refractivity contribution >= 4 is 17.5 Å². The third kappa shape index (κ3) is 5.17. The number of rotatable bonds is 5. The van der Waals surface area contributed by atoms with Gasteiger partial charge in [0.05, 0.1) is 12.0 Å². The molecule has 20 heavy (non-hydrogen) atoms. The van der Waals surface area contributed by atoms with Crippen molar-refractivity contribution in [2.45, 2.75) is 33.2 Å². The van der Waals surface area contributed by atoms with Crippen LogP contribution in [0.1, 0.15) is 37.6 Å². The van der Waals surface area contributed by atoms with Crippen LogP contribution in [0.4, 0.5) is 4.39 Å². The Kier molecular flexibility index (Phi) is 5.83. The Labute approximate surface area is 117 Å². The molecular weight excluding hydrogens is 261 g/mol. The van der Waals surface area contributed by atoms with E-state index in [1.165, 1.54) is 18.2 Å². The summed E-state index contributed by atoms with van der Waals surface area (Å²) in [5.74, 6) is -1.44. The number of nitrogens with zero attached hydrogens (tertiary/aromatic N) is 1. The number of benzene rings is 1. The number of nitrogens with one attached hydrogen (secondary N) is 2. The van der Waals surface area contributed by atoms with E-state index < -0.39 is 11.7 Å². The summed E-state index contributed by atoms with van der Waals surface area (Å²) in [5.41, 5.74) is 2.58. The molecule has 0 heterocycles. The van der Waals surface area contributed by atoms with Crippen molar-refractivity contribution in [1.29, 1.82) is 0 Å². The summed E-state index contributed by atoms with van der Waals surface area (Å²) >= 11 is 0. The molecule has 0 aliphatic carbocycles. The van der Waals surface area contributed by atoms with Crippen molar-refractivity contribution in [2.75, 3.05) is 0 Å². The third-order valence-corrected chi connectivity index (χ3v) is 2.33. The first-order valence-corrected chi connectivity index (χ1v) is 6.27. The average Bonchev–Trinajstić information content (AvgIpc) is 2.35. The lowest BCUT2D eigenvalue weighted by Gasteiger charge is -2.08. The smallest absolute Gasteiger partial charge is 0.274 e. The zero-order valence-corrected chi connectivity index (χ0v) is 11.7. The highest BCUT2D eigenvalue weighted by Gasteiger charge is 2.10. The molecule has 0 fully saturated rings. The van der Waals surface area contributed by atoms with Gasteiger partial charge in [-0.2, -0.15) is 5.10 Å². The Balaban J connectivity index is 2.57. The molecule has 2 amide bonds. The normalized spacial score (nSPS) is 11.3. The summed E-state index contributed by atoms with van der Waals surface area (Å²) in [4.78, 5) is 23.1. The Hall–Kier alpha value is -2.24. The van der Waals surface area contributed by atoms with Gasteiger partial charge in [0.25, 0.3) is 5.91 Å².